The minimum absolute atomic E-state index is 0.266. The average Bonchev–Trinajstić information content (AvgIpc) is 2.96. The lowest BCUT2D eigenvalue weighted by atomic mass is 10.1. The van der Waals surface area contributed by atoms with Crippen LogP contribution in [0.2, 0.25) is 0 Å². The van der Waals surface area contributed by atoms with Gasteiger partial charge >= 0.3 is 0 Å². The van der Waals surface area contributed by atoms with Crippen LogP contribution >= 0.6 is 0 Å². The summed E-state index contributed by atoms with van der Waals surface area (Å²) in [5.41, 5.74) is 1.43. The first-order valence-corrected chi connectivity index (χ1v) is 8.02. The summed E-state index contributed by atoms with van der Waals surface area (Å²) in [6.45, 7) is 8.22. The van der Waals surface area contributed by atoms with Gasteiger partial charge in [0.1, 0.15) is 6.61 Å². The van der Waals surface area contributed by atoms with Gasteiger partial charge in [-0.05, 0) is 32.3 Å². The van der Waals surface area contributed by atoms with E-state index in [0.717, 1.165) is 17.5 Å². The normalized spacial score (nSPS) is 11.3. The largest absolute Gasteiger partial charge is 0.473 e. The Morgan fingerprint density at radius 3 is 2.54 bits per heavy atom. The molecule has 0 aliphatic rings. The lowest BCUT2D eigenvalue weighted by Crippen LogP contribution is -2.35. The van der Waals surface area contributed by atoms with Gasteiger partial charge in [0.2, 0.25) is 6.41 Å². The van der Waals surface area contributed by atoms with Crippen LogP contribution in [0.1, 0.15) is 33.3 Å². The minimum Gasteiger partial charge on any atom is -0.473 e. The highest BCUT2D eigenvalue weighted by Crippen LogP contribution is 2.30. The molecule has 2 aromatic rings. The predicted molar refractivity (Wildman–Crippen MR) is 90.4 cm³/mol. The summed E-state index contributed by atoms with van der Waals surface area (Å²) in [4.78, 5) is 16.5. The van der Waals surface area contributed by atoms with Crippen LogP contribution in [0.3, 0.4) is 0 Å². The smallest absolute Gasteiger partial charge is 0.258 e. The molecule has 0 saturated carbocycles. The van der Waals surface area contributed by atoms with Crippen molar-refractivity contribution in [2.24, 2.45) is 0 Å². The van der Waals surface area contributed by atoms with E-state index < -0.39 is 5.60 Å². The molecule has 1 heterocycles. The number of rotatable bonds is 8. The van der Waals surface area contributed by atoms with Gasteiger partial charge in [0.15, 0.2) is 5.76 Å². The second-order valence-electron chi connectivity index (χ2n) is 6.31. The molecule has 0 fully saturated rings. The highest BCUT2D eigenvalue weighted by atomic mass is 16.7. The Kier molecular flexibility index (Phi) is 5.98. The van der Waals surface area contributed by atoms with E-state index in [1.165, 1.54) is 5.06 Å². The number of carbonyl (C=O) groups excluding carboxylic acids is 1. The number of benzene rings is 1. The molecular weight excluding hydrogens is 308 g/mol. The van der Waals surface area contributed by atoms with E-state index in [0.29, 0.717) is 24.6 Å². The number of nitrogens with zero attached hydrogens (tertiary/aromatic N) is 2. The Morgan fingerprint density at radius 1 is 1.25 bits per heavy atom. The van der Waals surface area contributed by atoms with Crippen LogP contribution in [0.25, 0.3) is 11.3 Å². The molecule has 1 aromatic carbocycles. The van der Waals surface area contributed by atoms with E-state index >= 15 is 0 Å². The molecule has 0 N–H and O–H groups in total. The van der Waals surface area contributed by atoms with E-state index in [-0.39, 0.29) is 6.61 Å². The van der Waals surface area contributed by atoms with Crippen molar-refractivity contribution < 1.29 is 18.9 Å². The summed E-state index contributed by atoms with van der Waals surface area (Å²) < 4.78 is 11.1. The van der Waals surface area contributed by atoms with E-state index in [1.54, 1.807) is 0 Å². The summed E-state index contributed by atoms with van der Waals surface area (Å²) in [5, 5.41) is 5.24. The van der Waals surface area contributed by atoms with Crippen molar-refractivity contribution in [1.29, 1.82) is 0 Å². The van der Waals surface area contributed by atoms with Crippen molar-refractivity contribution in [2.45, 2.75) is 39.7 Å². The van der Waals surface area contributed by atoms with Crippen LogP contribution in [0.5, 0.6) is 5.88 Å². The van der Waals surface area contributed by atoms with Crippen LogP contribution in [0.4, 0.5) is 0 Å². The zero-order valence-corrected chi connectivity index (χ0v) is 14.6. The van der Waals surface area contributed by atoms with Gasteiger partial charge in [0.25, 0.3) is 5.88 Å². The van der Waals surface area contributed by atoms with Crippen molar-refractivity contribution in [3.05, 3.63) is 35.9 Å². The number of hydroxylamine groups is 2. The third kappa shape index (κ3) is 4.83. The average molecular weight is 332 g/mol. The first kappa shape index (κ1) is 18.0. The molecule has 0 spiro atoms. The fraction of sp³-hybridized carbons (Fsp3) is 0.444. The highest BCUT2D eigenvalue weighted by molar-refractivity contribution is 5.63. The second kappa shape index (κ2) is 7.97. The van der Waals surface area contributed by atoms with Crippen LogP contribution in [0.15, 0.2) is 34.9 Å². The molecule has 2 rings (SSSR count). The molecule has 6 heteroatoms. The molecule has 0 unspecified atom stereocenters. The number of hydrogen-bond acceptors (Lipinski definition) is 5. The molecule has 0 bridgehead atoms. The topological polar surface area (TPSA) is 64.8 Å². The molecule has 0 aliphatic heterocycles. The number of amides is 1. The Balaban J connectivity index is 2.01. The van der Waals surface area contributed by atoms with Crippen LogP contribution in [-0.4, -0.2) is 35.4 Å². The Morgan fingerprint density at radius 2 is 1.96 bits per heavy atom. The van der Waals surface area contributed by atoms with Gasteiger partial charge < -0.3 is 9.26 Å². The van der Waals surface area contributed by atoms with E-state index in [1.807, 2.05) is 58.0 Å². The third-order valence-electron chi connectivity index (χ3n) is 3.20. The molecule has 0 radical (unpaired) electrons. The van der Waals surface area contributed by atoms with Crippen molar-refractivity contribution in [2.75, 3.05) is 13.2 Å². The molecule has 130 valence electrons. The van der Waals surface area contributed by atoms with Gasteiger partial charge in [-0.2, -0.15) is 0 Å². The maximum atomic E-state index is 11.0. The van der Waals surface area contributed by atoms with Gasteiger partial charge in [-0.3, -0.25) is 9.63 Å². The Labute approximate surface area is 142 Å². The SMILES string of the molecule is CCc1c(OCCN(C=O)OC(C)(C)C)noc1-c1ccccc1. The van der Waals surface area contributed by atoms with Gasteiger partial charge in [-0.1, -0.05) is 37.3 Å². The number of aromatic nitrogens is 1. The molecular formula is C18H24N2O4. The zero-order chi connectivity index (χ0) is 17.6. The third-order valence-corrected chi connectivity index (χ3v) is 3.20. The van der Waals surface area contributed by atoms with Crippen LogP contribution in [0, 0.1) is 0 Å². The summed E-state index contributed by atoms with van der Waals surface area (Å²) in [7, 11) is 0. The number of ether oxygens (including phenoxy) is 1. The summed E-state index contributed by atoms with van der Waals surface area (Å²) >= 11 is 0. The zero-order valence-electron chi connectivity index (χ0n) is 14.6. The number of carbonyl (C=O) groups is 1. The van der Waals surface area contributed by atoms with E-state index in [9.17, 15) is 4.79 Å². The summed E-state index contributed by atoms with van der Waals surface area (Å²) in [5.74, 6) is 1.17. The fourth-order valence-corrected chi connectivity index (χ4v) is 2.24. The standard InChI is InChI=1S/C18H24N2O4/c1-5-15-16(14-9-7-6-8-10-14)23-19-17(15)22-12-11-20(13-21)24-18(2,3)4/h6-10,13H,5,11-12H2,1-4H3. The Bertz CT molecular complexity index is 647. The van der Waals surface area contributed by atoms with Gasteiger partial charge in [0, 0.05) is 5.56 Å². The van der Waals surface area contributed by atoms with Crippen molar-refractivity contribution in [1.82, 2.24) is 10.2 Å². The van der Waals surface area contributed by atoms with Gasteiger partial charge in [0.05, 0.1) is 17.7 Å². The van der Waals surface area contributed by atoms with E-state index in [2.05, 4.69) is 5.16 Å². The fourth-order valence-electron chi connectivity index (χ4n) is 2.24. The van der Waals surface area contributed by atoms with Gasteiger partial charge in [-0.25, -0.2) is 5.06 Å². The minimum atomic E-state index is -0.441. The molecule has 1 amide bonds. The summed E-state index contributed by atoms with van der Waals surface area (Å²) in [6.07, 6.45) is 1.38. The quantitative estimate of drug-likeness (QED) is 0.547. The van der Waals surface area contributed by atoms with Crippen molar-refractivity contribution in [3.63, 3.8) is 0 Å². The lowest BCUT2D eigenvalue weighted by molar-refractivity contribution is -0.217. The Hall–Kier alpha value is -2.34. The predicted octanol–water partition coefficient (Wildman–Crippen LogP) is 3.47. The summed E-state index contributed by atoms with van der Waals surface area (Å²) in [6, 6.07) is 9.78. The molecule has 0 saturated heterocycles. The maximum Gasteiger partial charge on any atom is 0.258 e. The van der Waals surface area contributed by atoms with Gasteiger partial charge in [-0.15, -0.1) is 0 Å². The van der Waals surface area contributed by atoms with E-state index in [4.69, 9.17) is 14.1 Å². The molecule has 0 atom stereocenters. The van der Waals surface area contributed by atoms with Crippen molar-refractivity contribution in [3.8, 4) is 17.2 Å². The van der Waals surface area contributed by atoms with Crippen LogP contribution < -0.4 is 4.74 Å². The second-order valence-corrected chi connectivity index (χ2v) is 6.31. The first-order chi connectivity index (χ1) is 11.4. The highest BCUT2D eigenvalue weighted by Gasteiger charge is 2.19. The maximum absolute atomic E-state index is 11.0. The molecule has 0 aliphatic carbocycles. The molecule has 1 aromatic heterocycles. The first-order valence-electron chi connectivity index (χ1n) is 8.02. The molecule has 24 heavy (non-hydrogen) atoms. The lowest BCUT2D eigenvalue weighted by Gasteiger charge is -2.26. The monoisotopic (exact) mass is 332 g/mol. The molecule has 6 nitrogen and oxygen atoms in total. The van der Waals surface area contributed by atoms with Crippen LogP contribution in [-0.2, 0) is 16.1 Å². The number of hydrogen-bond donors (Lipinski definition) is 0. The van der Waals surface area contributed by atoms with Crippen molar-refractivity contribution >= 4 is 6.41 Å².